The third kappa shape index (κ3) is 100. The summed E-state index contributed by atoms with van der Waals surface area (Å²) in [5.41, 5.74) is 0. The zero-order valence-corrected chi connectivity index (χ0v) is 6.85. The van der Waals surface area contributed by atoms with Crippen molar-refractivity contribution in [1.29, 1.82) is 0 Å². The van der Waals surface area contributed by atoms with E-state index in [1.807, 2.05) is 0 Å². The molecule has 0 aromatic carbocycles. The molecule has 0 saturated heterocycles. The van der Waals surface area contributed by atoms with Crippen LogP contribution in [0.25, 0.3) is 0 Å². The predicted octanol–water partition coefficient (Wildman–Crippen LogP) is -2.59. The molecule has 0 aromatic heterocycles. The molecule has 0 saturated carbocycles. The van der Waals surface area contributed by atoms with Crippen molar-refractivity contribution < 1.29 is 39.1 Å². The number of hydrogen-bond acceptors (Lipinski definition) is 2. The van der Waals surface area contributed by atoms with Gasteiger partial charge in [-0.15, -0.1) is 0 Å². The molecule has 0 aliphatic heterocycles. The Kier molecular flexibility index (Phi) is 25.2. The summed E-state index contributed by atoms with van der Waals surface area (Å²) in [5, 5.41) is 0. The Morgan fingerprint density at radius 3 is 1.25 bits per heavy atom. The van der Waals surface area contributed by atoms with Crippen LogP contribution in [-0.2, 0) is 26.1 Å². The van der Waals surface area contributed by atoms with Crippen molar-refractivity contribution in [1.82, 2.24) is 0 Å². The molecule has 8 heteroatoms. The van der Waals surface area contributed by atoms with Gasteiger partial charge in [0.2, 0.25) is 0 Å². The molecule has 0 rings (SSSR count). The van der Waals surface area contributed by atoms with Gasteiger partial charge in [-0.1, -0.05) is 0 Å². The van der Waals surface area contributed by atoms with Crippen molar-refractivity contribution in [2.45, 2.75) is 0 Å². The van der Waals surface area contributed by atoms with Crippen LogP contribution in [0.1, 0.15) is 0 Å². The third-order valence-corrected chi connectivity index (χ3v) is 0. The zero-order chi connectivity index (χ0) is 4.50. The van der Waals surface area contributed by atoms with Gasteiger partial charge in [-0.25, -0.2) is 0 Å². The van der Waals surface area contributed by atoms with Gasteiger partial charge in [0.1, 0.15) is 0 Å². The quantitative estimate of drug-likeness (QED) is 0.294. The zero-order valence-electron chi connectivity index (χ0n) is 2.97. The average Bonchev–Trinajstić information content (AvgIpc) is 0.722. The molecule has 54 valence electrons. The van der Waals surface area contributed by atoms with E-state index in [-0.39, 0.29) is 40.5 Å². The summed E-state index contributed by atoms with van der Waals surface area (Å²) in [7, 11) is 0. The van der Waals surface area contributed by atoms with Crippen LogP contribution in [0.15, 0.2) is 0 Å². The van der Waals surface area contributed by atoms with Crippen molar-refractivity contribution >= 4 is 47.6 Å². The molecule has 0 heterocycles. The summed E-state index contributed by atoms with van der Waals surface area (Å²) in [5.74, 6) is 0. The van der Waals surface area contributed by atoms with Crippen molar-refractivity contribution in [2.75, 3.05) is 0 Å². The molecule has 0 radical (unpaired) electrons. The summed E-state index contributed by atoms with van der Waals surface area (Å²) in [6, 6.07) is 0. The van der Waals surface area contributed by atoms with E-state index in [0.29, 0.717) is 0 Å². The van der Waals surface area contributed by atoms with Crippen LogP contribution in [0.4, 0.5) is 0 Å². The second-order valence-electron chi connectivity index (χ2n) is 0.373. The Balaban J connectivity index is -0.0000000267. The normalized spacial score (nSPS) is 7.38. The standard InChI is InChI=1S/Au.Na.HO2S2.2H2O.H/c;;1-4(2)3;;;/h;;(H,1,2,3);2*1H2;. The van der Waals surface area contributed by atoms with Crippen LogP contribution in [0, 0.1) is 0 Å². The van der Waals surface area contributed by atoms with E-state index < -0.39 is 6.33 Å². The Morgan fingerprint density at radius 1 is 1.25 bits per heavy atom. The number of thiol groups is 1. The van der Waals surface area contributed by atoms with Gasteiger partial charge in [-0.2, -0.15) is 0 Å². The van der Waals surface area contributed by atoms with E-state index in [0.717, 1.165) is 0 Å². The fraction of sp³-hybridized carbons (Fsp3) is 0. The Hall–Kier alpha value is 1.96. The van der Waals surface area contributed by atoms with Gasteiger partial charge in [0, 0.05) is 0 Å². The summed E-state index contributed by atoms with van der Waals surface area (Å²) in [6.45, 7) is 0. The van der Waals surface area contributed by atoms with Crippen molar-refractivity contribution in [3.05, 3.63) is 0 Å². The maximum absolute atomic E-state index is 9.47. The molecule has 0 aromatic rings. The molecule has 0 aliphatic carbocycles. The monoisotopic (exact) mass is 354 g/mol. The summed E-state index contributed by atoms with van der Waals surface area (Å²) in [4.78, 5) is 0. The van der Waals surface area contributed by atoms with E-state index in [1.165, 1.54) is 19.7 Å². The third-order valence-electron chi connectivity index (χ3n) is 0. The van der Waals surface area contributed by atoms with Gasteiger partial charge in [-0.05, 0) is 0 Å². The van der Waals surface area contributed by atoms with Gasteiger partial charge in [-0.3, -0.25) is 0 Å². The molecule has 0 fully saturated rings. The first kappa shape index (κ1) is 22.5. The van der Waals surface area contributed by atoms with Crippen LogP contribution in [0.5, 0.6) is 0 Å². The second kappa shape index (κ2) is 8.96. The Bertz CT molecular complexity index is 97.2. The van der Waals surface area contributed by atoms with Crippen LogP contribution < -0.4 is 0 Å². The average molecular weight is 354 g/mol. The minimum atomic E-state index is -3.03. The second-order valence-corrected chi connectivity index (χ2v) is 8.07. The van der Waals surface area contributed by atoms with Crippen molar-refractivity contribution in [3.63, 3.8) is 0 Å². The molecule has 0 aliphatic rings. The fourth-order valence-electron chi connectivity index (χ4n) is 0. The Morgan fingerprint density at radius 2 is 1.25 bits per heavy atom. The first-order valence-electron chi connectivity index (χ1n) is 0.639. The van der Waals surface area contributed by atoms with Crippen LogP contribution in [-0.4, -0.2) is 48.9 Å². The van der Waals surface area contributed by atoms with E-state index in [4.69, 9.17) is 0 Å². The van der Waals surface area contributed by atoms with E-state index in [9.17, 15) is 8.42 Å². The van der Waals surface area contributed by atoms with Crippen molar-refractivity contribution in [2.24, 2.45) is 0 Å². The SMILES string of the molecule is O.O.O=[S](=O)(S)[Au].[NaH]. The molecule has 0 bridgehead atoms. The van der Waals surface area contributed by atoms with Gasteiger partial charge in [0.05, 0.1) is 0 Å². The molecular weight excluding hydrogens is 348 g/mol. The molecule has 4 N–H and O–H groups in total. The van der Waals surface area contributed by atoms with Crippen LogP contribution in [0.3, 0.4) is 0 Å². The van der Waals surface area contributed by atoms with E-state index >= 15 is 0 Å². The molecule has 8 heavy (non-hydrogen) atoms. The summed E-state index contributed by atoms with van der Waals surface area (Å²) >= 11 is 4.45. The minimum absolute atomic E-state index is 0. The fourth-order valence-corrected chi connectivity index (χ4v) is 0. The number of rotatable bonds is 0. The predicted molar refractivity (Wildman–Crippen MR) is 32.3 cm³/mol. The van der Waals surface area contributed by atoms with Gasteiger partial charge in [0.15, 0.2) is 0 Å². The molecule has 0 atom stereocenters. The molecule has 4 nitrogen and oxygen atoms in total. The molecule has 0 unspecified atom stereocenters. The Labute approximate surface area is 85.6 Å². The van der Waals surface area contributed by atoms with Crippen LogP contribution in [0.2, 0.25) is 0 Å². The first-order chi connectivity index (χ1) is 2.00. The molecule has 0 amide bonds. The van der Waals surface area contributed by atoms with E-state index in [2.05, 4.69) is 11.7 Å². The topological polar surface area (TPSA) is 97.1 Å². The first-order valence-corrected chi connectivity index (χ1v) is 5.67. The van der Waals surface area contributed by atoms with Gasteiger partial charge < -0.3 is 11.0 Å². The van der Waals surface area contributed by atoms with Gasteiger partial charge >= 0.3 is 75.7 Å². The van der Waals surface area contributed by atoms with Crippen molar-refractivity contribution in [3.8, 4) is 0 Å². The summed E-state index contributed by atoms with van der Waals surface area (Å²) in [6.07, 6.45) is -3.03. The van der Waals surface area contributed by atoms with E-state index in [1.54, 1.807) is 0 Å². The summed E-state index contributed by atoms with van der Waals surface area (Å²) < 4.78 is 18.9. The maximum atomic E-state index is 9.47. The number of hydrogen-bond donors (Lipinski definition) is 1. The molecule has 0 spiro atoms. The van der Waals surface area contributed by atoms with Gasteiger partial charge in [0.25, 0.3) is 0 Å². The van der Waals surface area contributed by atoms with Crippen LogP contribution >= 0.6 is 11.7 Å². The molecular formula is H6AuNaO4S2.